The molecule has 124 valence electrons. The van der Waals surface area contributed by atoms with Gasteiger partial charge in [-0.15, -0.1) is 0 Å². The van der Waals surface area contributed by atoms with Crippen molar-refractivity contribution in [1.82, 2.24) is 10.6 Å². The third-order valence-corrected chi connectivity index (χ3v) is 2.74. The van der Waals surface area contributed by atoms with Gasteiger partial charge in [-0.2, -0.15) is 0 Å². The Kier molecular flexibility index (Phi) is 7.02. The molecule has 0 saturated carbocycles. The number of hydrogen-bond donors (Lipinski definition) is 2. The fourth-order valence-electron chi connectivity index (χ4n) is 1.85. The first-order valence-corrected chi connectivity index (χ1v) is 7.72. The zero-order valence-electron chi connectivity index (χ0n) is 14.6. The lowest BCUT2D eigenvalue weighted by molar-refractivity contribution is 0.219. The summed E-state index contributed by atoms with van der Waals surface area (Å²) in [6.45, 7) is 11.7. The Morgan fingerprint density at radius 2 is 1.86 bits per heavy atom. The molecule has 0 aliphatic carbocycles. The van der Waals surface area contributed by atoms with E-state index in [1.165, 1.54) is 0 Å². The lowest BCUT2D eigenvalue weighted by Gasteiger charge is -2.24. The molecular weight excluding hydrogens is 278 g/mol. The Morgan fingerprint density at radius 3 is 2.41 bits per heavy atom. The van der Waals surface area contributed by atoms with Crippen molar-refractivity contribution in [3.05, 3.63) is 24.3 Å². The van der Waals surface area contributed by atoms with Crippen molar-refractivity contribution < 1.29 is 9.47 Å². The van der Waals surface area contributed by atoms with E-state index in [1.54, 1.807) is 7.11 Å². The van der Waals surface area contributed by atoms with Crippen molar-refractivity contribution in [1.29, 1.82) is 0 Å². The molecule has 1 aromatic carbocycles. The molecule has 0 saturated heterocycles. The molecule has 5 heteroatoms. The molecule has 0 radical (unpaired) electrons. The van der Waals surface area contributed by atoms with Gasteiger partial charge in [-0.1, -0.05) is 12.1 Å². The maximum absolute atomic E-state index is 5.91. The first-order valence-electron chi connectivity index (χ1n) is 7.72. The van der Waals surface area contributed by atoms with Crippen molar-refractivity contribution in [3.63, 3.8) is 0 Å². The lowest BCUT2D eigenvalue weighted by atomic mass is 10.1. The number of para-hydroxylation sites is 2. The molecule has 0 heterocycles. The summed E-state index contributed by atoms with van der Waals surface area (Å²) in [7, 11) is 1.64. The molecule has 0 amide bonds. The van der Waals surface area contributed by atoms with Crippen LogP contribution in [0.4, 0.5) is 0 Å². The normalized spacial score (nSPS) is 13.5. The van der Waals surface area contributed by atoms with Crippen LogP contribution in [0.3, 0.4) is 0 Å². The van der Waals surface area contributed by atoms with Gasteiger partial charge in [0.05, 0.1) is 13.7 Å². The topological polar surface area (TPSA) is 54.9 Å². The summed E-state index contributed by atoms with van der Waals surface area (Å²) >= 11 is 0. The second-order valence-corrected chi connectivity index (χ2v) is 6.17. The average Bonchev–Trinajstić information content (AvgIpc) is 2.44. The molecule has 0 aliphatic heterocycles. The maximum Gasteiger partial charge on any atom is 0.191 e. The highest BCUT2D eigenvalue weighted by molar-refractivity contribution is 5.80. The second kappa shape index (κ2) is 8.51. The monoisotopic (exact) mass is 307 g/mol. The van der Waals surface area contributed by atoms with Crippen LogP contribution in [0, 0.1) is 0 Å². The van der Waals surface area contributed by atoms with Crippen molar-refractivity contribution in [2.75, 3.05) is 20.2 Å². The quantitative estimate of drug-likeness (QED) is 0.627. The third kappa shape index (κ3) is 6.70. The number of rotatable bonds is 6. The minimum Gasteiger partial charge on any atom is -0.493 e. The molecule has 0 aromatic heterocycles. The second-order valence-electron chi connectivity index (χ2n) is 6.17. The first kappa shape index (κ1) is 18.1. The zero-order chi connectivity index (χ0) is 16.6. The fraction of sp³-hybridized carbons (Fsp3) is 0.588. The van der Waals surface area contributed by atoms with Crippen LogP contribution in [0.5, 0.6) is 11.5 Å². The molecule has 1 atom stereocenters. The van der Waals surface area contributed by atoms with Gasteiger partial charge in [0.15, 0.2) is 17.5 Å². The number of methoxy groups -OCH3 is 1. The Bertz CT molecular complexity index is 481. The summed E-state index contributed by atoms with van der Waals surface area (Å²) in [6.07, 6.45) is -0.0493. The molecule has 22 heavy (non-hydrogen) atoms. The van der Waals surface area contributed by atoms with Crippen LogP contribution in [0.1, 0.15) is 34.6 Å². The van der Waals surface area contributed by atoms with E-state index in [4.69, 9.17) is 9.47 Å². The largest absolute Gasteiger partial charge is 0.493 e. The van der Waals surface area contributed by atoms with Gasteiger partial charge in [0.2, 0.25) is 0 Å². The number of guanidine groups is 1. The van der Waals surface area contributed by atoms with E-state index in [9.17, 15) is 0 Å². The number of ether oxygens (including phenoxy) is 2. The smallest absolute Gasteiger partial charge is 0.191 e. The minimum absolute atomic E-state index is 0.0340. The van der Waals surface area contributed by atoms with Crippen LogP contribution in [0.15, 0.2) is 29.3 Å². The molecule has 0 spiro atoms. The summed E-state index contributed by atoms with van der Waals surface area (Å²) in [6, 6.07) is 7.64. The molecule has 0 aliphatic rings. The number of hydrogen-bond acceptors (Lipinski definition) is 3. The van der Waals surface area contributed by atoms with Gasteiger partial charge in [0.1, 0.15) is 6.10 Å². The van der Waals surface area contributed by atoms with Crippen LogP contribution < -0.4 is 20.1 Å². The number of nitrogens with zero attached hydrogens (tertiary/aromatic N) is 1. The highest BCUT2D eigenvalue weighted by Gasteiger charge is 2.13. The fourth-order valence-corrected chi connectivity index (χ4v) is 1.85. The predicted octanol–water partition coefficient (Wildman–Crippen LogP) is 2.82. The first-order chi connectivity index (χ1) is 10.4. The lowest BCUT2D eigenvalue weighted by Crippen LogP contribution is -2.47. The SMILES string of the molecule is CCNC(=NCC(C)Oc1ccccc1OC)NC(C)(C)C. The van der Waals surface area contributed by atoms with Crippen LogP contribution in [0.2, 0.25) is 0 Å². The van der Waals surface area contributed by atoms with Gasteiger partial charge in [-0.05, 0) is 46.8 Å². The summed E-state index contributed by atoms with van der Waals surface area (Å²) < 4.78 is 11.2. The molecule has 1 aromatic rings. The molecular formula is C17H29N3O2. The third-order valence-electron chi connectivity index (χ3n) is 2.74. The van der Waals surface area contributed by atoms with Crippen molar-refractivity contribution >= 4 is 5.96 Å². The summed E-state index contributed by atoms with van der Waals surface area (Å²) in [5.74, 6) is 2.27. The minimum atomic E-state index is -0.0493. The van der Waals surface area contributed by atoms with E-state index in [2.05, 4.69) is 43.3 Å². The Hall–Kier alpha value is -1.91. The number of aliphatic imine (C=N–C) groups is 1. The van der Waals surface area contributed by atoms with E-state index in [0.29, 0.717) is 6.54 Å². The molecule has 0 fully saturated rings. The summed E-state index contributed by atoms with van der Waals surface area (Å²) in [4.78, 5) is 4.58. The highest BCUT2D eigenvalue weighted by Crippen LogP contribution is 2.26. The van der Waals surface area contributed by atoms with Crippen molar-refractivity contribution in [2.24, 2.45) is 4.99 Å². The van der Waals surface area contributed by atoms with Crippen LogP contribution in [0.25, 0.3) is 0 Å². The maximum atomic E-state index is 5.91. The van der Waals surface area contributed by atoms with E-state index in [-0.39, 0.29) is 11.6 Å². The zero-order valence-corrected chi connectivity index (χ0v) is 14.6. The average molecular weight is 307 g/mol. The van der Waals surface area contributed by atoms with Crippen LogP contribution >= 0.6 is 0 Å². The number of nitrogens with one attached hydrogen (secondary N) is 2. The Morgan fingerprint density at radius 1 is 1.23 bits per heavy atom. The van der Waals surface area contributed by atoms with Crippen molar-refractivity contribution in [3.8, 4) is 11.5 Å². The predicted molar refractivity (Wildman–Crippen MR) is 92.0 cm³/mol. The molecule has 1 unspecified atom stereocenters. The van der Waals surface area contributed by atoms with Crippen LogP contribution in [-0.4, -0.2) is 37.8 Å². The Balaban J connectivity index is 2.65. The van der Waals surface area contributed by atoms with E-state index in [0.717, 1.165) is 24.0 Å². The molecule has 1 rings (SSSR count). The van der Waals surface area contributed by atoms with Gasteiger partial charge in [-0.25, -0.2) is 4.99 Å². The van der Waals surface area contributed by atoms with E-state index < -0.39 is 0 Å². The van der Waals surface area contributed by atoms with Gasteiger partial charge in [0, 0.05) is 12.1 Å². The molecule has 0 bridgehead atoms. The summed E-state index contributed by atoms with van der Waals surface area (Å²) in [5.41, 5.74) is -0.0340. The molecule has 5 nitrogen and oxygen atoms in total. The highest BCUT2D eigenvalue weighted by atomic mass is 16.5. The Labute approximate surface area is 134 Å². The van der Waals surface area contributed by atoms with Gasteiger partial charge in [0.25, 0.3) is 0 Å². The van der Waals surface area contributed by atoms with Gasteiger partial charge >= 0.3 is 0 Å². The standard InChI is InChI=1S/C17H29N3O2/c1-7-18-16(20-17(3,4)5)19-12-13(2)22-15-11-9-8-10-14(15)21-6/h8-11,13H,7,12H2,1-6H3,(H2,18,19,20). The van der Waals surface area contributed by atoms with Gasteiger partial charge in [-0.3, -0.25) is 0 Å². The molecule has 2 N–H and O–H groups in total. The van der Waals surface area contributed by atoms with Crippen molar-refractivity contribution in [2.45, 2.75) is 46.3 Å². The van der Waals surface area contributed by atoms with E-state index in [1.807, 2.05) is 31.2 Å². The van der Waals surface area contributed by atoms with E-state index >= 15 is 0 Å². The van der Waals surface area contributed by atoms with Gasteiger partial charge < -0.3 is 20.1 Å². The number of benzene rings is 1. The van der Waals surface area contributed by atoms with Crippen LogP contribution in [-0.2, 0) is 0 Å². The summed E-state index contributed by atoms with van der Waals surface area (Å²) in [5, 5.41) is 6.60.